The minimum atomic E-state index is -0.480. The molecule has 1 atom stereocenters. The first-order valence-corrected chi connectivity index (χ1v) is 9.35. The van der Waals surface area contributed by atoms with Crippen LogP contribution in [-0.2, 0) is 7.05 Å². The van der Waals surface area contributed by atoms with Gasteiger partial charge in [-0.05, 0) is 48.9 Å². The molecule has 0 radical (unpaired) electrons. The molecule has 3 rings (SSSR count). The summed E-state index contributed by atoms with van der Waals surface area (Å²) >= 11 is 0. The quantitative estimate of drug-likeness (QED) is 0.799. The zero-order valence-electron chi connectivity index (χ0n) is 16.1. The topological polar surface area (TPSA) is 57.5 Å². The van der Waals surface area contributed by atoms with Crippen molar-refractivity contribution >= 4 is 11.4 Å². The van der Waals surface area contributed by atoms with Crippen molar-refractivity contribution in [3.05, 3.63) is 46.4 Å². The summed E-state index contributed by atoms with van der Waals surface area (Å²) in [6.07, 6.45) is 4.64. The van der Waals surface area contributed by atoms with Gasteiger partial charge in [0, 0.05) is 50.7 Å². The molecule has 0 bridgehead atoms. The summed E-state index contributed by atoms with van der Waals surface area (Å²) in [7, 11) is 5.54. The van der Waals surface area contributed by atoms with E-state index < -0.39 is 6.10 Å². The van der Waals surface area contributed by atoms with E-state index in [9.17, 15) is 9.90 Å². The number of aromatic nitrogens is 1. The van der Waals surface area contributed by atoms with Crippen LogP contribution in [0, 0.1) is 5.92 Å². The fourth-order valence-electron chi connectivity index (χ4n) is 3.14. The molecule has 5 heteroatoms. The molecule has 1 aromatic carbocycles. The van der Waals surface area contributed by atoms with Gasteiger partial charge in [-0.1, -0.05) is 13.0 Å². The van der Waals surface area contributed by atoms with Gasteiger partial charge in [-0.3, -0.25) is 4.79 Å². The number of hydrogen-bond donors (Lipinski definition) is 2. The average molecular weight is 355 g/mol. The molecule has 1 aromatic heterocycles. The van der Waals surface area contributed by atoms with Gasteiger partial charge in [0.05, 0.1) is 6.10 Å². The van der Waals surface area contributed by atoms with Crippen LogP contribution in [0.5, 0.6) is 0 Å². The largest absolute Gasteiger partial charge is 0.388 e. The van der Waals surface area contributed by atoms with Crippen molar-refractivity contribution in [1.29, 1.82) is 0 Å². The first kappa shape index (κ1) is 18.5. The lowest BCUT2D eigenvalue weighted by molar-refractivity contribution is 0.174. The molecule has 1 heterocycles. The summed E-state index contributed by atoms with van der Waals surface area (Å²) in [6, 6.07) is 8.01. The van der Waals surface area contributed by atoms with Crippen molar-refractivity contribution < 1.29 is 5.11 Å². The Morgan fingerprint density at radius 2 is 2.04 bits per heavy atom. The Balaban J connectivity index is 2.09. The number of anilines is 2. The third-order valence-electron chi connectivity index (χ3n) is 5.05. The maximum absolute atomic E-state index is 12.4. The predicted octanol–water partition coefficient (Wildman–Crippen LogP) is 3.38. The molecule has 0 spiro atoms. The number of aryl methyl sites for hydroxylation is 1. The standard InChI is InChI=1S/C21H29N3O2/c1-5-20(25)15-8-9-18(22-12-14-6-7-14)17(10-15)16-11-19(23(2)3)21(26)24(4)13-16/h8-11,13-14,20,22,25H,5-7,12H2,1-4H3. The number of pyridine rings is 1. The lowest BCUT2D eigenvalue weighted by atomic mass is 9.98. The van der Waals surface area contributed by atoms with Crippen LogP contribution in [0.1, 0.15) is 37.9 Å². The van der Waals surface area contributed by atoms with E-state index in [0.29, 0.717) is 12.1 Å². The number of nitrogens with zero attached hydrogens (tertiary/aromatic N) is 2. The highest BCUT2D eigenvalue weighted by atomic mass is 16.3. The van der Waals surface area contributed by atoms with Crippen molar-refractivity contribution in [3.8, 4) is 11.1 Å². The lowest BCUT2D eigenvalue weighted by Gasteiger charge is -2.19. The summed E-state index contributed by atoms with van der Waals surface area (Å²) in [5, 5.41) is 13.8. The van der Waals surface area contributed by atoms with Crippen LogP contribution in [0.4, 0.5) is 11.4 Å². The molecule has 0 saturated heterocycles. The maximum atomic E-state index is 12.4. The normalized spacial score (nSPS) is 15.0. The molecule has 1 unspecified atom stereocenters. The predicted molar refractivity (Wildman–Crippen MR) is 108 cm³/mol. The van der Waals surface area contributed by atoms with Gasteiger partial charge in [0.2, 0.25) is 0 Å². The molecule has 2 N–H and O–H groups in total. The zero-order valence-corrected chi connectivity index (χ0v) is 16.1. The van der Waals surface area contributed by atoms with Gasteiger partial charge in [-0.15, -0.1) is 0 Å². The van der Waals surface area contributed by atoms with Gasteiger partial charge < -0.3 is 19.9 Å². The molecule has 5 nitrogen and oxygen atoms in total. The lowest BCUT2D eigenvalue weighted by Crippen LogP contribution is -2.25. The van der Waals surface area contributed by atoms with E-state index in [2.05, 4.69) is 5.32 Å². The van der Waals surface area contributed by atoms with E-state index in [1.54, 1.807) is 11.6 Å². The molecule has 1 aliphatic rings. The molecular formula is C21H29N3O2. The zero-order chi connectivity index (χ0) is 18.8. The fourth-order valence-corrected chi connectivity index (χ4v) is 3.14. The maximum Gasteiger partial charge on any atom is 0.273 e. The minimum absolute atomic E-state index is 0.0176. The number of aliphatic hydroxyl groups is 1. The molecule has 0 amide bonds. The summed E-state index contributed by atoms with van der Waals surface area (Å²) in [4.78, 5) is 14.2. The van der Waals surface area contributed by atoms with Gasteiger partial charge in [0.25, 0.3) is 5.56 Å². The van der Waals surface area contributed by atoms with Crippen molar-refractivity contribution in [1.82, 2.24) is 4.57 Å². The molecular weight excluding hydrogens is 326 g/mol. The second-order valence-corrected chi connectivity index (χ2v) is 7.48. The van der Waals surface area contributed by atoms with Crippen LogP contribution >= 0.6 is 0 Å². The Hall–Kier alpha value is -2.27. The SMILES string of the molecule is CCC(O)c1ccc(NCC2CC2)c(-c2cc(N(C)C)c(=O)n(C)c2)c1. The minimum Gasteiger partial charge on any atom is -0.388 e. The second kappa shape index (κ2) is 7.54. The van der Waals surface area contributed by atoms with Crippen molar-refractivity contribution in [3.63, 3.8) is 0 Å². The van der Waals surface area contributed by atoms with E-state index in [1.807, 2.05) is 56.4 Å². The molecule has 0 aliphatic heterocycles. The molecule has 1 fully saturated rings. The first-order valence-electron chi connectivity index (χ1n) is 9.35. The second-order valence-electron chi connectivity index (χ2n) is 7.48. The number of aliphatic hydroxyl groups excluding tert-OH is 1. The van der Waals surface area contributed by atoms with E-state index in [-0.39, 0.29) is 5.56 Å². The average Bonchev–Trinajstić information content (AvgIpc) is 3.45. The van der Waals surface area contributed by atoms with Gasteiger partial charge >= 0.3 is 0 Å². The van der Waals surface area contributed by atoms with Crippen LogP contribution in [0.15, 0.2) is 35.3 Å². The molecule has 140 valence electrons. The number of hydrogen-bond acceptors (Lipinski definition) is 4. The first-order chi connectivity index (χ1) is 12.4. The van der Waals surface area contributed by atoms with Gasteiger partial charge in [0.15, 0.2) is 0 Å². The molecule has 26 heavy (non-hydrogen) atoms. The van der Waals surface area contributed by atoms with Gasteiger partial charge in [-0.2, -0.15) is 0 Å². The Morgan fingerprint density at radius 1 is 1.31 bits per heavy atom. The summed E-state index contributed by atoms with van der Waals surface area (Å²) < 4.78 is 1.62. The van der Waals surface area contributed by atoms with E-state index in [1.165, 1.54) is 12.8 Å². The Kier molecular flexibility index (Phi) is 5.37. The number of nitrogens with one attached hydrogen (secondary N) is 1. The summed E-state index contributed by atoms with van der Waals surface area (Å²) in [5.74, 6) is 0.765. The highest BCUT2D eigenvalue weighted by Crippen LogP contribution is 2.34. The molecule has 1 saturated carbocycles. The highest BCUT2D eigenvalue weighted by Gasteiger charge is 2.21. The Bertz CT molecular complexity index is 838. The number of rotatable bonds is 7. The molecule has 2 aromatic rings. The third-order valence-corrected chi connectivity index (χ3v) is 5.05. The molecule has 1 aliphatic carbocycles. The van der Waals surface area contributed by atoms with E-state index in [0.717, 1.165) is 34.8 Å². The van der Waals surface area contributed by atoms with Crippen LogP contribution < -0.4 is 15.8 Å². The highest BCUT2D eigenvalue weighted by molar-refractivity contribution is 5.80. The Morgan fingerprint density at radius 3 is 2.65 bits per heavy atom. The van der Waals surface area contributed by atoms with Crippen molar-refractivity contribution in [2.24, 2.45) is 13.0 Å². The number of benzene rings is 1. The van der Waals surface area contributed by atoms with Gasteiger partial charge in [-0.25, -0.2) is 0 Å². The van der Waals surface area contributed by atoms with Crippen molar-refractivity contribution in [2.45, 2.75) is 32.3 Å². The van der Waals surface area contributed by atoms with E-state index in [4.69, 9.17) is 0 Å². The van der Waals surface area contributed by atoms with Crippen LogP contribution in [0.3, 0.4) is 0 Å². The Labute approximate surface area is 155 Å². The summed E-state index contributed by atoms with van der Waals surface area (Å²) in [5.41, 5.74) is 4.58. The van der Waals surface area contributed by atoms with Crippen molar-refractivity contribution in [2.75, 3.05) is 30.9 Å². The van der Waals surface area contributed by atoms with Crippen LogP contribution in [0.25, 0.3) is 11.1 Å². The monoisotopic (exact) mass is 355 g/mol. The van der Waals surface area contributed by atoms with Gasteiger partial charge in [0.1, 0.15) is 5.69 Å². The van der Waals surface area contributed by atoms with E-state index >= 15 is 0 Å². The third kappa shape index (κ3) is 3.93. The fraction of sp³-hybridized carbons (Fsp3) is 0.476. The van der Waals surface area contributed by atoms with Crippen LogP contribution in [-0.4, -0.2) is 30.3 Å². The summed E-state index contributed by atoms with van der Waals surface area (Å²) in [6.45, 7) is 2.94. The van der Waals surface area contributed by atoms with Crippen LogP contribution in [0.2, 0.25) is 0 Å². The smallest absolute Gasteiger partial charge is 0.273 e.